The van der Waals surface area contributed by atoms with Crippen molar-refractivity contribution in [2.45, 2.75) is 32.6 Å². The van der Waals surface area contributed by atoms with Gasteiger partial charge in [0.25, 0.3) is 0 Å². The average molecular weight is 237 g/mol. The van der Waals surface area contributed by atoms with Gasteiger partial charge in [-0.1, -0.05) is 32.3 Å². The number of carbonyl (C=O) groups excluding carboxylic acids is 1. The summed E-state index contributed by atoms with van der Waals surface area (Å²) in [4.78, 5) is 11.3. The monoisotopic (exact) mass is 237 g/mol. The first-order valence-electron chi connectivity index (χ1n) is 5.92. The van der Waals surface area contributed by atoms with Gasteiger partial charge in [0.15, 0.2) is 0 Å². The molecule has 0 atom stereocenters. The lowest BCUT2D eigenvalue weighted by atomic mass is 10.2. The summed E-state index contributed by atoms with van der Waals surface area (Å²) in [6.45, 7) is 2.54. The molecule has 1 aromatic carbocycles. The maximum Gasteiger partial charge on any atom is 0.513 e. The van der Waals surface area contributed by atoms with Gasteiger partial charge in [-0.3, -0.25) is 0 Å². The maximum absolute atomic E-state index is 11.3. The van der Waals surface area contributed by atoms with Crippen molar-refractivity contribution in [2.24, 2.45) is 0 Å². The second kappa shape index (κ2) is 7.54. The highest BCUT2D eigenvalue weighted by Crippen LogP contribution is 2.15. The van der Waals surface area contributed by atoms with E-state index in [1.807, 2.05) is 0 Å². The Morgan fingerprint density at radius 1 is 1.29 bits per heavy atom. The summed E-state index contributed by atoms with van der Waals surface area (Å²) in [6, 6.07) is 6.69. The first kappa shape index (κ1) is 13.4. The molecular formula is C13H19NO3. The van der Waals surface area contributed by atoms with Crippen molar-refractivity contribution in [3.05, 3.63) is 24.3 Å². The fraction of sp³-hybridized carbons (Fsp3) is 0.462. The molecule has 0 aliphatic heterocycles. The fourth-order valence-electron chi connectivity index (χ4n) is 1.39. The Balaban J connectivity index is 2.21. The number of rotatable bonds is 6. The highest BCUT2D eigenvalue weighted by Gasteiger charge is 2.05. The van der Waals surface area contributed by atoms with Gasteiger partial charge in [-0.15, -0.1) is 0 Å². The third-order valence-corrected chi connectivity index (χ3v) is 2.28. The molecule has 94 valence electrons. The average Bonchev–Trinajstić information content (AvgIpc) is 2.29. The zero-order valence-electron chi connectivity index (χ0n) is 10.1. The molecule has 0 heterocycles. The van der Waals surface area contributed by atoms with E-state index in [0.29, 0.717) is 18.0 Å². The van der Waals surface area contributed by atoms with Crippen molar-refractivity contribution in [1.29, 1.82) is 0 Å². The van der Waals surface area contributed by atoms with Gasteiger partial charge in [-0.25, -0.2) is 4.79 Å². The molecule has 0 fully saturated rings. The van der Waals surface area contributed by atoms with Crippen molar-refractivity contribution < 1.29 is 14.3 Å². The van der Waals surface area contributed by atoms with Crippen LogP contribution in [0.15, 0.2) is 24.3 Å². The van der Waals surface area contributed by atoms with Gasteiger partial charge in [-0.05, 0) is 18.6 Å². The van der Waals surface area contributed by atoms with Gasteiger partial charge in [0.1, 0.15) is 5.75 Å². The Hall–Kier alpha value is -1.71. The number of unbranched alkanes of at least 4 members (excludes halogenated alkanes) is 3. The lowest BCUT2D eigenvalue weighted by Crippen LogP contribution is -2.11. The third kappa shape index (κ3) is 5.80. The molecule has 0 spiro atoms. The number of nitrogen functional groups attached to an aromatic ring is 1. The zero-order valence-corrected chi connectivity index (χ0v) is 10.1. The highest BCUT2D eigenvalue weighted by atomic mass is 16.7. The summed E-state index contributed by atoms with van der Waals surface area (Å²) in [5.74, 6) is 0.406. The second-order valence-corrected chi connectivity index (χ2v) is 3.83. The Morgan fingerprint density at radius 2 is 2.12 bits per heavy atom. The van der Waals surface area contributed by atoms with Gasteiger partial charge in [0, 0.05) is 11.8 Å². The summed E-state index contributed by atoms with van der Waals surface area (Å²) >= 11 is 0. The van der Waals surface area contributed by atoms with Crippen LogP contribution in [0.2, 0.25) is 0 Å². The predicted molar refractivity (Wildman–Crippen MR) is 67.0 cm³/mol. The van der Waals surface area contributed by atoms with Gasteiger partial charge in [-0.2, -0.15) is 0 Å². The predicted octanol–water partition coefficient (Wildman–Crippen LogP) is 3.36. The van der Waals surface area contributed by atoms with Crippen molar-refractivity contribution in [3.63, 3.8) is 0 Å². The molecule has 2 N–H and O–H groups in total. The molecule has 0 unspecified atom stereocenters. The van der Waals surface area contributed by atoms with Crippen LogP contribution < -0.4 is 10.5 Å². The van der Waals surface area contributed by atoms with Gasteiger partial charge < -0.3 is 15.2 Å². The van der Waals surface area contributed by atoms with E-state index in [4.69, 9.17) is 15.2 Å². The lowest BCUT2D eigenvalue weighted by molar-refractivity contribution is 0.0973. The van der Waals surface area contributed by atoms with Gasteiger partial charge in [0.05, 0.1) is 6.61 Å². The molecule has 0 aliphatic rings. The first-order valence-corrected chi connectivity index (χ1v) is 5.92. The third-order valence-electron chi connectivity index (χ3n) is 2.28. The van der Waals surface area contributed by atoms with Crippen LogP contribution in [0.25, 0.3) is 0 Å². The smallest absolute Gasteiger partial charge is 0.434 e. The molecule has 1 rings (SSSR count). The largest absolute Gasteiger partial charge is 0.513 e. The number of ether oxygens (including phenoxy) is 2. The Bertz CT molecular complexity index is 352. The van der Waals surface area contributed by atoms with Crippen LogP contribution in [0.4, 0.5) is 10.5 Å². The van der Waals surface area contributed by atoms with E-state index in [1.165, 1.54) is 0 Å². The van der Waals surface area contributed by atoms with Crippen molar-refractivity contribution >= 4 is 11.8 Å². The minimum Gasteiger partial charge on any atom is -0.434 e. The Labute approximate surface area is 102 Å². The van der Waals surface area contributed by atoms with Crippen LogP contribution in [0.1, 0.15) is 32.6 Å². The van der Waals surface area contributed by atoms with E-state index >= 15 is 0 Å². The molecule has 17 heavy (non-hydrogen) atoms. The topological polar surface area (TPSA) is 61.5 Å². The SMILES string of the molecule is CCCCCCOC(=O)Oc1cccc(N)c1. The summed E-state index contributed by atoms with van der Waals surface area (Å²) in [7, 11) is 0. The summed E-state index contributed by atoms with van der Waals surface area (Å²) < 4.78 is 9.89. The van der Waals surface area contributed by atoms with Crippen LogP contribution in [-0.4, -0.2) is 12.8 Å². The second-order valence-electron chi connectivity index (χ2n) is 3.83. The molecule has 0 bridgehead atoms. The van der Waals surface area contributed by atoms with E-state index < -0.39 is 6.16 Å². The van der Waals surface area contributed by atoms with Crippen molar-refractivity contribution in [1.82, 2.24) is 0 Å². The molecule has 0 aliphatic carbocycles. The van der Waals surface area contributed by atoms with Crippen LogP contribution in [0.3, 0.4) is 0 Å². The number of anilines is 1. The quantitative estimate of drug-likeness (QED) is 0.356. The van der Waals surface area contributed by atoms with E-state index in [9.17, 15) is 4.79 Å². The molecular weight excluding hydrogens is 218 g/mol. The zero-order chi connectivity index (χ0) is 12.5. The number of hydrogen-bond acceptors (Lipinski definition) is 4. The number of hydrogen-bond donors (Lipinski definition) is 1. The van der Waals surface area contributed by atoms with Crippen LogP contribution >= 0.6 is 0 Å². The molecule has 4 heteroatoms. The summed E-state index contributed by atoms with van der Waals surface area (Å²) in [6.07, 6.45) is 3.59. The molecule has 0 saturated heterocycles. The van der Waals surface area contributed by atoms with E-state index in [1.54, 1.807) is 24.3 Å². The lowest BCUT2D eigenvalue weighted by Gasteiger charge is -2.06. The minimum atomic E-state index is -0.674. The number of benzene rings is 1. The van der Waals surface area contributed by atoms with Gasteiger partial charge >= 0.3 is 6.16 Å². The molecule has 0 aromatic heterocycles. The molecule has 4 nitrogen and oxygen atoms in total. The van der Waals surface area contributed by atoms with Gasteiger partial charge in [0.2, 0.25) is 0 Å². The van der Waals surface area contributed by atoms with Crippen LogP contribution in [0, 0.1) is 0 Å². The summed E-state index contributed by atoms with van der Waals surface area (Å²) in [5.41, 5.74) is 6.11. The highest BCUT2D eigenvalue weighted by molar-refractivity contribution is 5.64. The van der Waals surface area contributed by atoms with Crippen LogP contribution in [-0.2, 0) is 4.74 Å². The van der Waals surface area contributed by atoms with Crippen LogP contribution in [0.5, 0.6) is 5.75 Å². The standard InChI is InChI=1S/C13H19NO3/c1-2-3-4-5-9-16-13(15)17-12-8-6-7-11(14)10-12/h6-8,10H,2-5,9,14H2,1H3. The van der Waals surface area contributed by atoms with E-state index in [2.05, 4.69) is 6.92 Å². The Morgan fingerprint density at radius 3 is 2.82 bits per heavy atom. The normalized spacial score (nSPS) is 9.94. The molecule has 1 aromatic rings. The maximum atomic E-state index is 11.3. The van der Waals surface area contributed by atoms with Crippen molar-refractivity contribution in [2.75, 3.05) is 12.3 Å². The molecule has 0 radical (unpaired) electrons. The summed E-state index contributed by atoms with van der Waals surface area (Å²) in [5, 5.41) is 0. The van der Waals surface area contributed by atoms with Crippen molar-refractivity contribution in [3.8, 4) is 5.75 Å². The molecule has 0 saturated carbocycles. The fourth-order valence-corrected chi connectivity index (χ4v) is 1.39. The van der Waals surface area contributed by atoms with E-state index in [0.717, 1.165) is 25.7 Å². The Kier molecular flexibility index (Phi) is 5.93. The molecule has 0 amide bonds. The number of nitrogens with two attached hydrogens (primary N) is 1. The minimum absolute atomic E-state index is 0.404. The number of carbonyl (C=O) groups is 1. The van der Waals surface area contributed by atoms with E-state index in [-0.39, 0.29) is 0 Å². The first-order chi connectivity index (χ1) is 8.22.